The van der Waals surface area contributed by atoms with Crippen molar-refractivity contribution in [2.24, 2.45) is 0 Å². The van der Waals surface area contributed by atoms with Crippen molar-refractivity contribution in [3.8, 4) is 22.6 Å². The van der Waals surface area contributed by atoms with Crippen molar-refractivity contribution in [2.45, 2.75) is 0 Å². The van der Waals surface area contributed by atoms with Crippen LogP contribution in [-0.4, -0.2) is 12.6 Å². The Bertz CT molecular complexity index is 864. The van der Waals surface area contributed by atoms with E-state index < -0.39 is 11.8 Å². The number of esters is 1. The summed E-state index contributed by atoms with van der Waals surface area (Å²) in [7, 11) is 0. The molecular formula is C20H14ClFO3. The number of halogens is 2. The molecule has 25 heavy (non-hydrogen) atoms. The molecule has 0 N–H and O–H groups in total. The Morgan fingerprint density at radius 1 is 0.920 bits per heavy atom. The van der Waals surface area contributed by atoms with Crippen LogP contribution in [0.1, 0.15) is 0 Å². The fourth-order valence-electron chi connectivity index (χ4n) is 2.24. The second-order valence-corrected chi connectivity index (χ2v) is 5.64. The Morgan fingerprint density at radius 2 is 1.60 bits per heavy atom. The number of carbonyl (C=O) groups is 1. The normalized spacial score (nSPS) is 10.3. The van der Waals surface area contributed by atoms with Crippen molar-refractivity contribution >= 4 is 17.6 Å². The molecule has 0 bridgehead atoms. The number of ether oxygens (including phenoxy) is 2. The van der Waals surface area contributed by atoms with Crippen molar-refractivity contribution in [3.05, 3.63) is 83.6 Å². The monoisotopic (exact) mass is 356 g/mol. The van der Waals surface area contributed by atoms with E-state index >= 15 is 0 Å². The third-order valence-electron chi connectivity index (χ3n) is 3.43. The average molecular weight is 357 g/mol. The van der Waals surface area contributed by atoms with Crippen molar-refractivity contribution in [3.63, 3.8) is 0 Å². The third kappa shape index (κ3) is 4.58. The van der Waals surface area contributed by atoms with Crippen molar-refractivity contribution in [1.29, 1.82) is 0 Å². The van der Waals surface area contributed by atoms with Gasteiger partial charge in [-0.25, -0.2) is 9.18 Å². The predicted octanol–water partition coefficient (Wildman–Crippen LogP) is 5.13. The van der Waals surface area contributed by atoms with Gasteiger partial charge < -0.3 is 9.47 Å². The maximum atomic E-state index is 13.0. The second-order valence-electron chi connectivity index (χ2n) is 5.23. The van der Waals surface area contributed by atoms with Crippen LogP contribution in [0.4, 0.5) is 4.39 Å². The molecule has 0 radical (unpaired) electrons. The molecule has 3 rings (SSSR count). The zero-order chi connectivity index (χ0) is 17.6. The van der Waals surface area contributed by atoms with Gasteiger partial charge in [-0.3, -0.25) is 0 Å². The van der Waals surface area contributed by atoms with Crippen LogP contribution < -0.4 is 9.47 Å². The van der Waals surface area contributed by atoms with Crippen LogP contribution in [0.15, 0.2) is 72.8 Å². The first-order chi connectivity index (χ1) is 12.1. The first-order valence-corrected chi connectivity index (χ1v) is 7.93. The van der Waals surface area contributed by atoms with E-state index in [2.05, 4.69) is 0 Å². The van der Waals surface area contributed by atoms with Gasteiger partial charge in [-0.1, -0.05) is 54.1 Å². The van der Waals surface area contributed by atoms with Crippen LogP contribution in [0.3, 0.4) is 0 Å². The topological polar surface area (TPSA) is 35.5 Å². The van der Waals surface area contributed by atoms with Crippen LogP contribution in [-0.2, 0) is 4.79 Å². The minimum absolute atomic E-state index is 0.0972. The molecule has 0 fully saturated rings. The lowest BCUT2D eigenvalue weighted by Crippen LogP contribution is -2.17. The highest BCUT2D eigenvalue weighted by molar-refractivity contribution is 6.32. The maximum Gasteiger partial charge on any atom is 0.349 e. The molecular weight excluding hydrogens is 343 g/mol. The van der Waals surface area contributed by atoms with Gasteiger partial charge in [0.05, 0.1) is 5.02 Å². The Labute approximate surface area is 149 Å². The molecule has 0 amide bonds. The molecule has 3 nitrogen and oxygen atoms in total. The smallest absolute Gasteiger partial charge is 0.349 e. The predicted molar refractivity (Wildman–Crippen MR) is 94.4 cm³/mol. The number of benzene rings is 3. The number of hydrogen-bond donors (Lipinski definition) is 0. The molecule has 0 saturated carbocycles. The molecule has 126 valence electrons. The van der Waals surface area contributed by atoms with Gasteiger partial charge in [0.2, 0.25) is 0 Å². The fourth-order valence-corrected chi connectivity index (χ4v) is 2.46. The average Bonchev–Trinajstić information content (AvgIpc) is 2.62. The molecule has 0 aliphatic heterocycles. The summed E-state index contributed by atoms with van der Waals surface area (Å²) in [5.74, 6) is -0.413. The molecule has 0 spiro atoms. The number of hydrogen-bond acceptors (Lipinski definition) is 3. The summed E-state index contributed by atoms with van der Waals surface area (Å²) >= 11 is 5.83. The van der Waals surface area contributed by atoms with Gasteiger partial charge in [-0.2, -0.15) is 0 Å². The third-order valence-corrected chi connectivity index (χ3v) is 3.73. The van der Waals surface area contributed by atoms with Gasteiger partial charge in [0.25, 0.3) is 0 Å². The van der Waals surface area contributed by atoms with E-state index in [0.29, 0.717) is 5.75 Å². The molecule has 0 aromatic heterocycles. The molecule has 0 unspecified atom stereocenters. The summed E-state index contributed by atoms with van der Waals surface area (Å²) in [5, 5.41) is 0.0972. The molecule has 0 atom stereocenters. The fraction of sp³-hybridized carbons (Fsp3) is 0.0500. The van der Waals surface area contributed by atoms with Crippen molar-refractivity contribution in [2.75, 3.05) is 6.61 Å². The Morgan fingerprint density at radius 3 is 2.28 bits per heavy atom. The van der Waals surface area contributed by atoms with Gasteiger partial charge >= 0.3 is 5.97 Å². The van der Waals surface area contributed by atoms with E-state index in [4.69, 9.17) is 21.1 Å². The van der Waals surface area contributed by atoms with Crippen LogP contribution in [0.5, 0.6) is 11.5 Å². The van der Waals surface area contributed by atoms with E-state index in [0.717, 1.165) is 17.2 Å². The first kappa shape index (κ1) is 17.0. The molecule has 0 aliphatic carbocycles. The van der Waals surface area contributed by atoms with Crippen molar-refractivity contribution < 1.29 is 18.7 Å². The van der Waals surface area contributed by atoms with E-state index in [-0.39, 0.29) is 17.4 Å². The molecule has 0 heterocycles. The highest BCUT2D eigenvalue weighted by atomic mass is 35.5. The lowest BCUT2D eigenvalue weighted by molar-refractivity contribution is -0.136. The van der Waals surface area contributed by atoms with E-state index in [1.165, 1.54) is 12.1 Å². The van der Waals surface area contributed by atoms with Crippen LogP contribution in [0, 0.1) is 5.82 Å². The Balaban J connectivity index is 1.57. The number of carbonyl (C=O) groups excluding carboxylic acids is 1. The maximum absolute atomic E-state index is 13.0. The summed E-state index contributed by atoms with van der Waals surface area (Å²) in [4.78, 5) is 11.9. The molecule has 3 aromatic rings. The summed E-state index contributed by atoms with van der Waals surface area (Å²) in [6, 6.07) is 20.7. The van der Waals surface area contributed by atoms with Gasteiger partial charge in [-0.05, 0) is 41.5 Å². The van der Waals surface area contributed by atoms with Crippen LogP contribution in [0.25, 0.3) is 11.1 Å². The highest BCUT2D eigenvalue weighted by Crippen LogP contribution is 2.25. The van der Waals surface area contributed by atoms with Gasteiger partial charge in [0.15, 0.2) is 6.61 Å². The van der Waals surface area contributed by atoms with Crippen molar-refractivity contribution in [1.82, 2.24) is 0 Å². The molecule has 0 aliphatic rings. The van der Waals surface area contributed by atoms with E-state index in [9.17, 15) is 9.18 Å². The van der Waals surface area contributed by atoms with Gasteiger partial charge in [0, 0.05) is 0 Å². The van der Waals surface area contributed by atoms with E-state index in [1.807, 2.05) is 42.5 Å². The number of rotatable bonds is 5. The van der Waals surface area contributed by atoms with Crippen LogP contribution in [0.2, 0.25) is 5.02 Å². The largest absolute Gasteiger partial charge is 0.480 e. The summed E-state index contributed by atoms with van der Waals surface area (Å²) in [6.07, 6.45) is 0. The lowest BCUT2D eigenvalue weighted by atomic mass is 10.1. The standard InChI is InChI=1S/C20H14ClFO3/c21-18-12-16(22)8-11-19(18)24-13-20(23)25-17-9-6-15(7-10-17)14-4-2-1-3-5-14/h1-12H,13H2. The van der Waals surface area contributed by atoms with E-state index in [1.54, 1.807) is 12.1 Å². The lowest BCUT2D eigenvalue weighted by Gasteiger charge is -2.09. The highest BCUT2D eigenvalue weighted by Gasteiger charge is 2.09. The van der Waals surface area contributed by atoms with Gasteiger partial charge in [0.1, 0.15) is 17.3 Å². The molecule has 3 aromatic carbocycles. The SMILES string of the molecule is O=C(COc1ccc(F)cc1Cl)Oc1ccc(-c2ccccc2)cc1. The second kappa shape index (κ2) is 7.81. The molecule has 0 saturated heterocycles. The Hall–Kier alpha value is -2.85. The molecule has 5 heteroatoms. The zero-order valence-corrected chi connectivity index (χ0v) is 13.9. The first-order valence-electron chi connectivity index (χ1n) is 7.56. The Kier molecular flexibility index (Phi) is 5.31. The summed E-state index contributed by atoms with van der Waals surface area (Å²) < 4.78 is 23.4. The summed E-state index contributed by atoms with van der Waals surface area (Å²) in [5.41, 5.74) is 2.10. The van der Waals surface area contributed by atoms with Crippen LogP contribution >= 0.6 is 11.6 Å². The summed E-state index contributed by atoms with van der Waals surface area (Å²) in [6.45, 7) is -0.328. The quantitative estimate of drug-likeness (QED) is 0.469. The van der Waals surface area contributed by atoms with Gasteiger partial charge in [-0.15, -0.1) is 0 Å². The zero-order valence-electron chi connectivity index (χ0n) is 13.1. The minimum atomic E-state index is -0.576. The minimum Gasteiger partial charge on any atom is -0.480 e.